The summed E-state index contributed by atoms with van der Waals surface area (Å²) in [4.78, 5) is 25.2. The summed E-state index contributed by atoms with van der Waals surface area (Å²) in [6.45, 7) is 8.03. The third-order valence-corrected chi connectivity index (χ3v) is 5.14. The fourth-order valence-electron chi connectivity index (χ4n) is 2.83. The van der Waals surface area contributed by atoms with Gasteiger partial charge in [-0.05, 0) is 39.8 Å². The number of thiophene rings is 1. The number of esters is 2. The molecule has 0 aliphatic carbocycles. The van der Waals surface area contributed by atoms with E-state index in [2.05, 4.69) is 0 Å². The summed E-state index contributed by atoms with van der Waals surface area (Å²) in [5, 5.41) is 9.57. The zero-order chi connectivity index (χ0) is 23.7. The molecule has 0 aliphatic heterocycles. The van der Waals surface area contributed by atoms with Gasteiger partial charge in [0.25, 0.3) is 0 Å². The largest absolute Gasteiger partial charge is 0.490 e. The lowest BCUT2D eigenvalue weighted by Gasteiger charge is -2.17. The van der Waals surface area contributed by atoms with Crippen molar-refractivity contribution in [3.8, 4) is 23.3 Å². The van der Waals surface area contributed by atoms with Crippen molar-refractivity contribution in [3.63, 3.8) is 0 Å². The molecule has 32 heavy (non-hydrogen) atoms. The fourth-order valence-corrected chi connectivity index (χ4v) is 3.75. The third kappa shape index (κ3) is 5.62. The number of hydrogen-bond acceptors (Lipinski definition) is 10. The Morgan fingerprint density at radius 2 is 1.53 bits per heavy atom. The van der Waals surface area contributed by atoms with E-state index in [1.165, 1.54) is 12.1 Å². The maximum Gasteiger partial charge on any atom is 0.348 e. The van der Waals surface area contributed by atoms with E-state index in [4.69, 9.17) is 29.4 Å². The van der Waals surface area contributed by atoms with Gasteiger partial charge in [0, 0.05) is 5.56 Å². The first kappa shape index (κ1) is 24.8. The van der Waals surface area contributed by atoms with Crippen molar-refractivity contribution >= 4 is 28.3 Å². The van der Waals surface area contributed by atoms with Crippen molar-refractivity contribution in [2.75, 3.05) is 32.2 Å². The van der Waals surface area contributed by atoms with Crippen LogP contribution in [0.5, 0.6) is 17.2 Å². The van der Waals surface area contributed by atoms with Crippen molar-refractivity contribution in [3.05, 3.63) is 33.7 Å². The smallest absolute Gasteiger partial charge is 0.348 e. The van der Waals surface area contributed by atoms with Gasteiger partial charge in [0.05, 0.1) is 37.6 Å². The Balaban J connectivity index is 2.36. The Labute approximate surface area is 190 Å². The summed E-state index contributed by atoms with van der Waals surface area (Å²) in [5.74, 6) is -0.239. The predicted molar refractivity (Wildman–Crippen MR) is 118 cm³/mol. The lowest BCUT2D eigenvalue weighted by atomic mass is 10.1. The number of hydrogen-bond donors (Lipinski definition) is 1. The molecule has 0 unspecified atom stereocenters. The summed E-state index contributed by atoms with van der Waals surface area (Å²) in [6.07, 6.45) is 0. The molecule has 0 spiro atoms. The number of nitrogens with zero attached hydrogens (tertiary/aromatic N) is 1. The van der Waals surface area contributed by atoms with E-state index in [0.717, 1.165) is 11.3 Å². The minimum absolute atomic E-state index is 0.0857. The molecule has 2 aromatic rings. The van der Waals surface area contributed by atoms with Gasteiger partial charge in [-0.15, -0.1) is 11.3 Å². The topological polar surface area (TPSA) is 130 Å². The number of benzene rings is 1. The van der Waals surface area contributed by atoms with Crippen LogP contribution in [0.1, 0.15) is 58.9 Å². The standard InChI is InChI=1S/C22H26N2O7S/c1-5-27-16-9-13(10-17(28-6-2)18(16)29-7-3)21(25)31-12-15-14(11-23)20(24)32-19(15)22(26)30-8-4/h9-10H,5-8,12,24H2,1-4H3. The van der Waals surface area contributed by atoms with Gasteiger partial charge in [0.15, 0.2) is 11.5 Å². The minimum atomic E-state index is -0.696. The molecule has 0 saturated heterocycles. The number of rotatable bonds is 11. The summed E-state index contributed by atoms with van der Waals surface area (Å²) in [7, 11) is 0. The highest BCUT2D eigenvalue weighted by Crippen LogP contribution is 2.39. The second-order valence-electron chi connectivity index (χ2n) is 6.16. The summed E-state index contributed by atoms with van der Waals surface area (Å²) < 4.78 is 27.3. The molecule has 0 amide bonds. The number of anilines is 1. The summed E-state index contributed by atoms with van der Waals surface area (Å²) >= 11 is 0.920. The number of ether oxygens (including phenoxy) is 5. The van der Waals surface area contributed by atoms with Gasteiger partial charge in [0.2, 0.25) is 5.75 Å². The fraction of sp³-hybridized carbons (Fsp3) is 0.409. The number of carbonyl (C=O) groups is 2. The van der Waals surface area contributed by atoms with Crippen molar-refractivity contribution in [2.24, 2.45) is 0 Å². The Morgan fingerprint density at radius 1 is 0.938 bits per heavy atom. The number of nitrogen functional groups attached to an aromatic ring is 1. The molecular weight excluding hydrogens is 436 g/mol. The van der Waals surface area contributed by atoms with E-state index in [1.54, 1.807) is 6.92 Å². The number of nitriles is 1. The zero-order valence-corrected chi connectivity index (χ0v) is 19.3. The van der Waals surface area contributed by atoms with Crippen LogP contribution in [0.2, 0.25) is 0 Å². The van der Waals surface area contributed by atoms with Crippen molar-refractivity contribution in [1.29, 1.82) is 5.26 Å². The molecular formula is C22H26N2O7S. The Kier molecular flexibility index (Phi) is 9.16. The van der Waals surface area contributed by atoms with E-state index in [1.807, 2.05) is 26.8 Å². The maximum absolute atomic E-state index is 12.8. The molecule has 10 heteroatoms. The van der Waals surface area contributed by atoms with Crippen LogP contribution < -0.4 is 19.9 Å². The van der Waals surface area contributed by atoms with Crippen LogP contribution >= 0.6 is 11.3 Å². The lowest BCUT2D eigenvalue weighted by molar-refractivity contribution is 0.0452. The molecule has 1 aromatic carbocycles. The normalized spacial score (nSPS) is 10.2. The molecule has 2 rings (SSSR count). The van der Waals surface area contributed by atoms with Crippen LogP contribution in [0.4, 0.5) is 5.00 Å². The molecule has 0 atom stereocenters. The van der Waals surface area contributed by atoms with Crippen molar-refractivity contribution in [2.45, 2.75) is 34.3 Å². The highest BCUT2D eigenvalue weighted by atomic mass is 32.1. The molecule has 0 fully saturated rings. The molecule has 0 aliphatic rings. The highest BCUT2D eigenvalue weighted by molar-refractivity contribution is 7.18. The Bertz CT molecular complexity index is 983. The van der Waals surface area contributed by atoms with Gasteiger partial charge >= 0.3 is 11.9 Å². The van der Waals surface area contributed by atoms with Crippen LogP contribution in [-0.2, 0) is 16.1 Å². The molecule has 9 nitrogen and oxygen atoms in total. The molecule has 2 N–H and O–H groups in total. The maximum atomic E-state index is 12.8. The molecule has 0 bridgehead atoms. The average molecular weight is 463 g/mol. The van der Waals surface area contributed by atoms with Gasteiger partial charge < -0.3 is 29.4 Å². The predicted octanol–water partition coefficient (Wildman–Crippen LogP) is 3.93. The zero-order valence-electron chi connectivity index (χ0n) is 18.5. The number of carbonyl (C=O) groups excluding carboxylic acids is 2. The first-order valence-corrected chi connectivity index (χ1v) is 10.9. The van der Waals surface area contributed by atoms with Crippen LogP contribution in [0.25, 0.3) is 0 Å². The first-order valence-electron chi connectivity index (χ1n) is 10.1. The van der Waals surface area contributed by atoms with Gasteiger partial charge in [-0.3, -0.25) is 0 Å². The molecule has 0 saturated carbocycles. The van der Waals surface area contributed by atoms with E-state index in [0.29, 0.717) is 37.1 Å². The van der Waals surface area contributed by atoms with Crippen molar-refractivity contribution in [1.82, 2.24) is 0 Å². The average Bonchev–Trinajstić information content (AvgIpc) is 3.09. The van der Waals surface area contributed by atoms with E-state index >= 15 is 0 Å². The monoisotopic (exact) mass is 462 g/mol. The Hall–Kier alpha value is -3.45. The molecule has 1 aromatic heterocycles. The van der Waals surface area contributed by atoms with E-state index in [-0.39, 0.29) is 39.8 Å². The van der Waals surface area contributed by atoms with Crippen LogP contribution in [0.3, 0.4) is 0 Å². The molecule has 1 heterocycles. The minimum Gasteiger partial charge on any atom is -0.490 e. The van der Waals surface area contributed by atoms with Crippen LogP contribution in [0, 0.1) is 11.3 Å². The SMILES string of the molecule is CCOC(=O)c1sc(N)c(C#N)c1COC(=O)c1cc(OCC)c(OCC)c(OCC)c1. The summed E-state index contributed by atoms with van der Waals surface area (Å²) in [6, 6.07) is 4.95. The van der Waals surface area contributed by atoms with Crippen LogP contribution in [0.15, 0.2) is 12.1 Å². The number of nitrogens with two attached hydrogens (primary N) is 1. The van der Waals surface area contributed by atoms with Gasteiger partial charge in [0.1, 0.15) is 22.6 Å². The van der Waals surface area contributed by atoms with Gasteiger partial charge in [-0.1, -0.05) is 0 Å². The second kappa shape index (κ2) is 11.8. The summed E-state index contributed by atoms with van der Waals surface area (Å²) in [5.41, 5.74) is 6.32. The van der Waals surface area contributed by atoms with Crippen molar-refractivity contribution < 1.29 is 33.3 Å². The van der Waals surface area contributed by atoms with Gasteiger partial charge in [-0.25, -0.2) is 9.59 Å². The first-order chi connectivity index (χ1) is 15.4. The lowest BCUT2D eigenvalue weighted by Crippen LogP contribution is -2.11. The van der Waals surface area contributed by atoms with E-state index in [9.17, 15) is 14.9 Å². The highest BCUT2D eigenvalue weighted by Gasteiger charge is 2.25. The molecule has 172 valence electrons. The third-order valence-electron chi connectivity index (χ3n) is 4.10. The molecule has 0 radical (unpaired) electrons. The van der Waals surface area contributed by atoms with E-state index < -0.39 is 11.9 Å². The Morgan fingerprint density at radius 3 is 2.03 bits per heavy atom. The second-order valence-corrected chi connectivity index (χ2v) is 7.21. The quantitative estimate of drug-likeness (QED) is 0.493. The van der Waals surface area contributed by atoms with Crippen LogP contribution in [-0.4, -0.2) is 38.4 Å². The van der Waals surface area contributed by atoms with Gasteiger partial charge in [-0.2, -0.15) is 5.26 Å².